The zero-order chi connectivity index (χ0) is 19.1. The van der Waals surface area contributed by atoms with Crippen molar-refractivity contribution in [3.63, 3.8) is 0 Å². The third-order valence-corrected chi connectivity index (χ3v) is 4.47. The molecule has 0 atom stereocenters. The fourth-order valence-electron chi connectivity index (χ4n) is 2.68. The van der Waals surface area contributed by atoms with Crippen LogP contribution in [0.1, 0.15) is 25.5 Å². The molecule has 136 valence electrons. The summed E-state index contributed by atoms with van der Waals surface area (Å²) in [7, 11) is -4.70. The molecule has 3 aromatic rings. The minimum atomic E-state index is -4.70. The van der Waals surface area contributed by atoms with E-state index in [1.165, 1.54) is 18.2 Å². The third kappa shape index (κ3) is 3.84. The first-order chi connectivity index (χ1) is 12.2. The van der Waals surface area contributed by atoms with Crippen LogP contribution < -0.4 is 9.95 Å². The molecule has 2 aromatic carbocycles. The van der Waals surface area contributed by atoms with Crippen molar-refractivity contribution in [3.8, 4) is 16.9 Å². The molecule has 6 nitrogen and oxygen atoms in total. The van der Waals surface area contributed by atoms with Crippen molar-refractivity contribution in [3.05, 3.63) is 63.5 Å². The van der Waals surface area contributed by atoms with Gasteiger partial charge in [0.15, 0.2) is 0 Å². The van der Waals surface area contributed by atoms with Crippen molar-refractivity contribution >= 4 is 30.4 Å². The summed E-state index contributed by atoms with van der Waals surface area (Å²) in [5, 5.41) is 0.849. The maximum Gasteiger partial charge on any atom is 0.524 e. The van der Waals surface area contributed by atoms with Crippen LogP contribution in [-0.2, 0) is 4.57 Å². The molecular formula is C18H16ClO6P. The van der Waals surface area contributed by atoms with Crippen molar-refractivity contribution in [1.82, 2.24) is 0 Å². The number of fused-ring (bicyclic) bond motifs is 1. The molecule has 3 rings (SSSR count). The molecule has 2 N–H and O–H groups in total. The number of hydrogen-bond donors (Lipinski definition) is 2. The van der Waals surface area contributed by atoms with Crippen LogP contribution in [0.15, 0.2) is 51.7 Å². The van der Waals surface area contributed by atoms with E-state index in [1.54, 1.807) is 24.3 Å². The van der Waals surface area contributed by atoms with Crippen LogP contribution in [0.25, 0.3) is 22.1 Å². The highest BCUT2D eigenvalue weighted by Gasteiger charge is 2.21. The highest BCUT2D eigenvalue weighted by Crippen LogP contribution is 2.39. The average molecular weight is 395 g/mol. The van der Waals surface area contributed by atoms with Crippen LogP contribution in [0.4, 0.5) is 0 Å². The standard InChI is InChI=1S/C18H16ClO6P/c1-10(2)18-16(11-3-5-12(19)6-4-11)17(20)14-8-7-13(9-15(14)24-18)25-26(21,22)23/h3-10H,1-2H3,(H2,21,22,23). The van der Waals surface area contributed by atoms with E-state index in [1.807, 2.05) is 13.8 Å². The Labute approximate surface area is 154 Å². The molecule has 0 saturated heterocycles. The largest absolute Gasteiger partial charge is 0.524 e. The first-order valence-electron chi connectivity index (χ1n) is 7.77. The van der Waals surface area contributed by atoms with Crippen LogP contribution in [0.2, 0.25) is 5.02 Å². The monoisotopic (exact) mass is 394 g/mol. The summed E-state index contributed by atoms with van der Waals surface area (Å²) >= 11 is 5.93. The van der Waals surface area contributed by atoms with Gasteiger partial charge in [-0.2, -0.15) is 0 Å². The van der Waals surface area contributed by atoms with E-state index in [0.29, 0.717) is 21.9 Å². The smallest absolute Gasteiger partial charge is 0.460 e. The maximum atomic E-state index is 13.0. The highest BCUT2D eigenvalue weighted by molar-refractivity contribution is 7.46. The molecule has 0 aliphatic rings. The Balaban J connectivity index is 2.26. The number of rotatable bonds is 4. The fraction of sp³-hybridized carbons (Fsp3) is 0.167. The molecule has 0 spiro atoms. The van der Waals surface area contributed by atoms with Gasteiger partial charge in [-0.05, 0) is 29.8 Å². The fourth-order valence-corrected chi connectivity index (χ4v) is 3.20. The second-order valence-corrected chi connectivity index (χ2v) is 7.67. The van der Waals surface area contributed by atoms with E-state index >= 15 is 0 Å². The molecule has 0 radical (unpaired) electrons. The van der Waals surface area contributed by atoms with Crippen LogP contribution in [0, 0.1) is 0 Å². The summed E-state index contributed by atoms with van der Waals surface area (Å²) in [6.07, 6.45) is 0. The lowest BCUT2D eigenvalue weighted by molar-refractivity contribution is 0.283. The van der Waals surface area contributed by atoms with Crippen molar-refractivity contribution in [2.24, 2.45) is 0 Å². The Hall–Kier alpha value is -2.11. The Bertz CT molecular complexity index is 1070. The Morgan fingerprint density at radius 2 is 1.77 bits per heavy atom. The molecule has 0 aliphatic heterocycles. The van der Waals surface area contributed by atoms with E-state index in [-0.39, 0.29) is 28.1 Å². The Morgan fingerprint density at radius 3 is 2.35 bits per heavy atom. The SMILES string of the molecule is CC(C)c1oc2cc(OP(=O)(O)O)ccc2c(=O)c1-c1ccc(Cl)cc1. The quantitative estimate of drug-likeness (QED) is 0.622. The van der Waals surface area contributed by atoms with Gasteiger partial charge in [-0.3, -0.25) is 14.6 Å². The van der Waals surface area contributed by atoms with E-state index in [9.17, 15) is 9.36 Å². The molecule has 0 unspecified atom stereocenters. The van der Waals surface area contributed by atoms with Gasteiger partial charge >= 0.3 is 7.82 Å². The summed E-state index contributed by atoms with van der Waals surface area (Å²) < 4.78 is 21.5. The molecule has 8 heteroatoms. The zero-order valence-corrected chi connectivity index (χ0v) is 15.6. The second-order valence-electron chi connectivity index (χ2n) is 6.07. The average Bonchev–Trinajstić information content (AvgIpc) is 2.54. The Morgan fingerprint density at radius 1 is 1.12 bits per heavy atom. The number of phosphoric acid groups is 1. The van der Waals surface area contributed by atoms with E-state index in [2.05, 4.69) is 4.52 Å². The summed E-state index contributed by atoms with van der Waals surface area (Å²) in [5.74, 6) is 0.296. The summed E-state index contributed by atoms with van der Waals surface area (Å²) in [4.78, 5) is 30.9. The number of halogens is 1. The number of benzene rings is 2. The van der Waals surface area contributed by atoms with Gasteiger partial charge in [0.1, 0.15) is 17.1 Å². The van der Waals surface area contributed by atoms with Crippen LogP contribution in [0.5, 0.6) is 5.75 Å². The van der Waals surface area contributed by atoms with Crippen molar-refractivity contribution in [2.75, 3.05) is 0 Å². The molecule has 0 saturated carbocycles. The molecule has 0 aliphatic carbocycles. The van der Waals surface area contributed by atoms with E-state index in [0.717, 1.165) is 0 Å². The maximum absolute atomic E-state index is 13.0. The van der Waals surface area contributed by atoms with Gasteiger partial charge in [-0.25, -0.2) is 4.57 Å². The van der Waals surface area contributed by atoms with Crippen molar-refractivity contribution in [2.45, 2.75) is 19.8 Å². The first kappa shape index (κ1) is 18.7. The minimum absolute atomic E-state index is 0.0806. The topological polar surface area (TPSA) is 97.0 Å². The number of hydrogen-bond acceptors (Lipinski definition) is 4. The van der Waals surface area contributed by atoms with Crippen molar-refractivity contribution in [1.29, 1.82) is 0 Å². The lowest BCUT2D eigenvalue weighted by atomic mass is 9.97. The first-order valence-corrected chi connectivity index (χ1v) is 9.68. The zero-order valence-electron chi connectivity index (χ0n) is 14.0. The predicted octanol–water partition coefficient (Wildman–Crippen LogP) is 4.71. The lowest BCUT2D eigenvalue weighted by Crippen LogP contribution is -2.10. The number of phosphoric ester groups is 1. The molecule has 0 fully saturated rings. The van der Waals surface area contributed by atoms with Gasteiger partial charge in [-0.15, -0.1) is 0 Å². The van der Waals surface area contributed by atoms with Crippen molar-refractivity contribution < 1.29 is 23.3 Å². The van der Waals surface area contributed by atoms with Gasteiger partial charge in [0.05, 0.1) is 10.9 Å². The molecule has 0 amide bonds. The Kier molecular flexibility index (Phi) is 4.95. The van der Waals surface area contributed by atoms with Gasteiger partial charge in [0, 0.05) is 17.0 Å². The van der Waals surface area contributed by atoms with Gasteiger partial charge in [0.2, 0.25) is 5.43 Å². The van der Waals surface area contributed by atoms with Gasteiger partial charge in [-0.1, -0.05) is 37.6 Å². The normalized spacial score (nSPS) is 11.9. The lowest BCUT2D eigenvalue weighted by Gasteiger charge is -2.14. The molecule has 26 heavy (non-hydrogen) atoms. The van der Waals surface area contributed by atoms with Crippen LogP contribution in [0.3, 0.4) is 0 Å². The third-order valence-electron chi connectivity index (χ3n) is 3.77. The van der Waals surface area contributed by atoms with E-state index < -0.39 is 7.82 Å². The van der Waals surface area contributed by atoms with Crippen LogP contribution >= 0.6 is 19.4 Å². The molecule has 1 heterocycles. The van der Waals surface area contributed by atoms with E-state index in [4.69, 9.17) is 25.8 Å². The van der Waals surface area contributed by atoms with Gasteiger partial charge < -0.3 is 8.94 Å². The summed E-state index contributed by atoms with van der Waals surface area (Å²) in [6.45, 7) is 3.78. The second kappa shape index (κ2) is 6.89. The molecule has 0 bridgehead atoms. The minimum Gasteiger partial charge on any atom is -0.460 e. The predicted molar refractivity (Wildman–Crippen MR) is 99.7 cm³/mol. The molecule has 1 aromatic heterocycles. The van der Waals surface area contributed by atoms with Crippen LogP contribution in [-0.4, -0.2) is 9.79 Å². The highest BCUT2D eigenvalue weighted by atomic mass is 35.5. The summed E-state index contributed by atoms with van der Waals surface area (Å²) in [5.41, 5.74) is 1.08. The summed E-state index contributed by atoms with van der Waals surface area (Å²) in [6, 6.07) is 10.9. The van der Waals surface area contributed by atoms with Gasteiger partial charge in [0.25, 0.3) is 0 Å². The molecular weight excluding hydrogens is 379 g/mol.